The maximum absolute atomic E-state index is 6.15. The van der Waals surface area contributed by atoms with Crippen LogP contribution in [-0.4, -0.2) is 0 Å². The van der Waals surface area contributed by atoms with E-state index in [2.05, 4.69) is 39.8 Å². The van der Waals surface area contributed by atoms with E-state index in [1.54, 1.807) is 0 Å². The summed E-state index contributed by atoms with van der Waals surface area (Å²) in [5.41, 5.74) is 11.5. The number of nitrogen functional groups attached to an aromatic ring is 1. The normalized spacial score (nSPS) is 23.6. The summed E-state index contributed by atoms with van der Waals surface area (Å²) in [5.74, 6) is 0.611. The molecule has 0 radical (unpaired) electrons. The maximum Gasteiger partial charge on any atom is 0.0382 e. The highest BCUT2D eigenvalue weighted by Gasteiger charge is 2.35. The minimum atomic E-state index is 0.302. The van der Waals surface area contributed by atoms with Crippen LogP contribution in [-0.2, 0) is 5.41 Å². The van der Waals surface area contributed by atoms with Crippen LogP contribution >= 0.6 is 0 Å². The molecule has 2 N–H and O–H groups in total. The number of aryl methyl sites for hydroxylation is 1. The van der Waals surface area contributed by atoms with Crippen LogP contribution in [0.15, 0.2) is 12.1 Å². The van der Waals surface area contributed by atoms with E-state index in [1.165, 1.54) is 23.1 Å². The lowest BCUT2D eigenvalue weighted by Crippen LogP contribution is -2.12. The lowest BCUT2D eigenvalue weighted by Gasteiger charge is -2.19. The van der Waals surface area contributed by atoms with Gasteiger partial charge in [0.25, 0.3) is 0 Å². The Bertz CT molecular complexity index is 377. The van der Waals surface area contributed by atoms with Crippen molar-refractivity contribution in [2.24, 2.45) is 0 Å². The summed E-state index contributed by atoms with van der Waals surface area (Å²) >= 11 is 0. The molecule has 1 heteroatoms. The fraction of sp³-hybridized carbons (Fsp3) is 0.538. The van der Waals surface area contributed by atoms with Crippen molar-refractivity contribution < 1.29 is 0 Å². The Labute approximate surface area is 86.3 Å². The van der Waals surface area contributed by atoms with Gasteiger partial charge in [-0.15, -0.1) is 0 Å². The van der Waals surface area contributed by atoms with Crippen LogP contribution in [0.25, 0.3) is 0 Å². The molecule has 1 atom stereocenters. The van der Waals surface area contributed by atoms with Gasteiger partial charge in [0.05, 0.1) is 0 Å². The Kier molecular flexibility index (Phi) is 1.88. The SMILES string of the molecule is Cc1ccc2c(c1N)C(C)CC2(C)C. The third-order valence-corrected chi connectivity index (χ3v) is 3.54. The number of rotatable bonds is 0. The molecule has 0 saturated carbocycles. The molecule has 0 bridgehead atoms. The quantitative estimate of drug-likeness (QED) is 0.622. The van der Waals surface area contributed by atoms with Crippen molar-refractivity contribution in [1.29, 1.82) is 0 Å². The molecule has 0 saturated heterocycles. The molecule has 1 aliphatic rings. The third-order valence-electron chi connectivity index (χ3n) is 3.54. The molecule has 0 aliphatic heterocycles. The molecular formula is C13H19N. The summed E-state index contributed by atoms with van der Waals surface area (Å²) in [7, 11) is 0. The highest BCUT2D eigenvalue weighted by molar-refractivity contribution is 5.61. The van der Waals surface area contributed by atoms with Crippen molar-refractivity contribution in [3.63, 3.8) is 0 Å². The van der Waals surface area contributed by atoms with Gasteiger partial charge < -0.3 is 5.73 Å². The second-order valence-electron chi connectivity index (χ2n) is 5.25. The molecular weight excluding hydrogens is 170 g/mol. The number of hydrogen-bond donors (Lipinski definition) is 1. The summed E-state index contributed by atoms with van der Waals surface area (Å²) in [5, 5.41) is 0. The van der Waals surface area contributed by atoms with Crippen LogP contribution in [0.2, 0.25) is 0 Å². The summed E-state index contributed by atoms with van der Waals surface area (Å²) in [6.45, 7) is 8.99. The first-order valence-corrected chi connectivity index (χ1v) is 5.33. The van der Waals surface area contributed by atoms with Crippen molar-refractivity contribution in [1.82, 2.24) is 0 Å². The van der Waals surface area contributed by atoms with Crippen molar-refractivity contribution in [2.75, 3.05) is 5.73 Å². The van der Waals surface area contributed by atoms with Crippen molar-refractivity contribution in [3.05, 3.63) is 28.8 Å². The average Bonchev–Trinajstić information content (AvgIpc) is 2.29. The van der Waals surface area contributed by atoms with Crippen LogP contribution in [0.5, 0.6) is 0 Å². The first-order chi connectivity index (χ1) is 6.43. The molecule has 0 amide bonds. The van der Waals surface area contributed by atoms with Gasteiger partial charge in [0.1, 0.15) is 0 Å². The van der Waals surface area contributed by atoms with Gasteiger partial charge in [-0.05, 0) is 41.4 Å². The van der Waals surface area contributed by atoms with E-state index in [-0.39, 0.29) is 0 Å². The van der Waals surface area contributed by atoms with Crippen LogP contribution in [0.1, 0.15) is 49.8 Å². The fourth-order valence-corrected chi connectivity index (χ4v) is 2.84. The van der Waals surface area contributed by atoms with E-state index >= 15 is 0 Å². The zero-order valence-electron chi connectivity index (χ0n) is 9.52. The Morgan fingerprint density at radius 3 is 2.64 bits per heavy atom. The maximum atomic E-state index is 6.15. The zero-order valence-corrected chi connectivity index (χ0v) is 9.52. The highest BCUT2D eigenvalue weighted by Crippen LogP contribution is 2.48. The number of benzene rings is 1. The van der Waals surface area contributed by atoms with E-state index in [0.29, 0.717) is 11.3 Å². The number of hydrogen-bond acceptors (Lipinski definition) is 1. The van der Waals surface area contributed by atoms with Gasteiger partial charge in [-0.3, -0.25) is 0 Å². The summed E-state index contributed by atoms with van der Waals surface area (Å²) in [4.78, 5) is 0. The number of fused-ring (bicyclic) bond motifs is 1. The molecule has 1 nitrogen and oxygen atoms in total. The Hall–Kier alpha value is -0.980. The van der Waals surface area contributed by atoms with Gasteiger partial charge in [-0.1, -0.05) is 32.9 Å². The summed E-state index contributed by atoms with van der Waals surface area (Å²) in [6, 6.07) is 4.40. The van der Waals surface area contributed by atoms with Crippen molar-refractivity contribution in [3.8, 4) is 0 Å². The predicted octanol–water partition coefficient (Wildman–Crippen LogP) is 3.36. The van der Waals surface area contributed by atoms with E-state index in [9.17, 15) is 0 Å². The van der Waals surface area contributed by atoms with Crippen LogP contribution in [0.3, 0.4) is 0 Å². The van der Waals surface area contributed by atoms with Gasteiger partial charge >= 0.3 is 0 Å². The molecule has 0 aromatic heterocycles. The largest absolute Gasteiger partial charge is 0.398 e. The average molecular weight is 189 g/mol. The van der Waals surface area contributed by atoms with E-state index in [0.717, 1.165) is 5.69 Å². The van der Waals surface area contributed by atoms with Crippen LogP contribution < -0.4 is 5.73 Å². The molecule has 1 aromatic rings. The Balaban J connectivity index is 2.69. The Morgan fingerprint density at radius 2 is 2.00 bits per heavy atom. The summed E-state index contributed by atoms with van der Waals surface area (Å²) in [6.07, 6.45) is 1.22. The lowest BCUT2D eigenvalue weighted by molar-refractivity contribution is 0.489. The minimum absolute atomic E-state index is 0.302. The molecule has 1 aliphatic carbocycles. The smallest absolute Gasteiger partial charge is 0.0382 e. The van der Waals surface area contributed by atoms with Crippen molar-refractivity contribution in [2.45, 2.75) is 45.4 Å². The number of anilines is 1. The van der Waals surface area contributed by atoms with Gasteiger partial charge in [-0.2, -0.15) is 0 Å². The second kappa shape index (κ2) is 2.75. The second-order valence-corrected chi connectivity index (χ2v) is 5.25. The molecule has 0 spiro atoms. The number of nitrogens with two attached hydrogens (primary N) is 1. The van der Waals surface area contributed by atoms with Gasteiger partial charge in [0, 0.05) is 5.69 Å². The third kappa shape index (κ3) is 1.15. The van der Waals surface area contributed by atoms with E-state index < -0.39 is 0 Å². The first-order valence-electron chi connectivity index (χ1n) is 5.33. The van der Waals surface area contributed by atoms with Crippen LogP contribution in [0.4, 0.5) is 5.69 Å². The lowest BCUT2D eigenvalue weighted by atomic mass is 9.86. The topological polar surface area (TPSA) is 26.0 Å². The van der Waals surface area contributed by atoms with Crippen molar-refractivity contribution >= 4 is 5.69 Å². The fourth-order valence-electron chi connectivity index (χ4n) is 2.84. The van der Waals surface area contributed by atoms with Gasteiger partial charge in [0.15, 0.2) is 0 Å². The molecule has 1 aromatic carbocycles. The molecule has 0 heterocycles. The van der Waals surface area contributed by atoms with E-state index in [4.69, 9.17) is 5.73 Å². The minimum Gasteiger partial charge on any atom is -0.398 e. The summed E-state index contributed by atoms with van der Waals surface area (Å²) < 4.78 is 0. The molecule has 76 valence electrons. The van der Waals surface area contributed by atoms with Crippen LogP contribution in [0, 0.1) is 6.92 Å². The molecule has 2 rings (SSSR count). The van der Waals surface area contributed by atoms with Gasteiger partial charge in [0.2, 0.25) is 0 Å². The highest BCUT2D eigenvalue weighted by atomic mass is 14.6. The van der Waals surface area contributed by atoms with E-state index in [1.807, 2.05) is 0 Å². The molecule has 0 fully saturated rings. The van der Waals surface area contributed by atoms with Gasteiger partial charge in [-0.25, -0.2) is 0 Å². The molecule has 14 heavy (non-hydrogen) atoms. The molecule has 1 unspecified atom stereocenters. The first kappa shape index (κ1) is 9.57. The predicted molar refractivity (Wildman–Crippen MR) is 61.6 cm³/mol. The monoisotopic (exact) mass is 189 g/mol. The Morgan fingerprint density at radius 1 is 1.36 bits per heavy atom. The zero-order chi connectivity index (χ0) is 10.5. The standard InChI is InChI=1S/C13H19N/c1-8-5-6-10-11(12(8)14)9(2)7-13(10,3)4/h5-6,9H,7,14H2,1-4H3.